The number of halogens is 2. The Balaban J connectivity index is 2.04. The van der Waals surface area contributed by atoms with E-state index in [2.05, 4.69) is 34.2 Å². The van der Waals surface area contributed by atoms with Gasteiger partial charge in [-0.3, -0.25) is 0 Å². The van der Waals surface area contributed by atoms with E-state index in [0.717, 1.165) is 44.5 Å². The summed E-state index contributed by atoms with van der Waals surface area (Å²) >= 11 is 11.0. The second-order valence-electron chi connectivity index (χ2n) is 4.40. The van der Waals surface area contributed by atoms with Gasteiger partial charge in [0.2, 0.25) is 0 Å². The van der Waals surface area contributed by atoms with Crippen LogP contribution in [-0.2, 0) is 13.2 Å². The first-order chi connectivity index (χ1) is 9.70. The van der Waals surface area contributed by atoms with Gasteiger partial charge in [-0.05, 0) is 47.1 Å². The maximum absolute atomic E-state index is 5.96. The van der Waals surface area contributed by atoms with Crippen molar-refractivity contribution in [2.24, 2.45) is 0 Å². The van der Waals surface area contributed by atoms with Crippen molar-refractivity contribution in [2.45, 2.75) is 26.5 Å². The summed E-state index contributed by atoms with van der Waals surface area (Å²) < 4.78 is 7.74. The van der Waals surface area contributed by atoms with Gasteiger partial charge in [-0.15, -0.1) is 11.3 Å². The molecule has 20 heavy (non-hydrogen) atoms. The van der Waals surface area contributed by atoms with Crippen molar-refractivity contribution in [1.29, 1.82) is 0 Å². The minimum Gasteiger partial charge on any atom is -0.487 e. The maximum Gasteiger partial charge on any atom is 0.138 e. The highest BCUT2D eigenvalue weighted by Crippen LogP contribution is 2.31. The number of para-hydroxylation sites is 1. The van der Waals surface area contributed by atoms with Gasteiger partial charge in [0.25, 0.3) is 0 Å². The van der Waals surface area contributed by atoms with E-state index in [9.17, 15) is 0 Å². The Morgan fingerprint density at radius 2 is 2.15 bits per heavy atom. The van der Waals surface area contributed by atoms with Crippen molar-refractivity contribution < 1.29 is 4.74 Å². The molecule has 1 aromatic carbocycles. The van der Waals surface area contributed by atoms with E-state index >= 15 is 0 Å². The molecule has 0 saturated heterocycles. The SMILES string of the molecule is CCCNCc1cccc(Br)c1OCc1ccc(Cl)s1. The van der Waals surface area contributed by atoms with Crippen LogP contribution in [0.5, 0.6) is 5.75 Å². The molecule has 0 spiro atoms. The molecule has 1 aromatic heterocycles. The van der Waals surface area contributed by atoms with E-state index in [1.165, 1.54) is 0 Å². The van der Waals surface area contributed by atoms with E-state index < -0.39 is 0 Å². The lowest BCUT2D eigenvalue weighted by Gasteiger charge is -2.13. The van der Waals surface area contributed by atoms with Crippen LogP contribution in [0, 0.1) is 0 Å². The van der Waals surface area contributed by atoms with Gasteiger partial charge >= 0.3 is 0 Å². The summed E-state index contributed by atoms with van der Waals surface area (Å²) in [5, 5.41) is 3.40. The molecule has 1 N–H and O–H groups in total. The lowest BCUT2D eigenvalue weighted by atomic mass is 10.2. The van der Waals surface area contributed by atoms with Crippen molar-refractivity contribution in [3.8, 4) is 5.75 Å². The van der Waals surface area contributed by atoms with E-state index in [-0.39, 0.29) is 0 Å². The summed E-state index contributed by atoms with van der Waals surface area (Å²) in [4.78, 5) is 1.12. The Morgan fingerprint density at radius 3 is 2.85 bits per heavy atom. The first kappa shape index (κ1) is 15.8. The molecule has 0 aliphatic heterocycles. The third-order valence-corrected chi connectivity index (χ3v) is 4.61. The summed E-state index contributed by atoms with van der Waals surface area (Å²) in [5.41, 5.74) is 1.16. The number of nitrogens with one attached hydrogen (secondary N) is 1. The van der Waals surface area contributed by atoms with Gasteiger partial charge in [0.15, 0.2) is 0 Å². The highest BCUT2D eigenvalue weighted by Gasteiger charge is 2.09. The van der Waals surface area contributed by atoms with Gasteiger partial charge in [0, 0.05) is 17.0 Å². The van der Waals surface area contributed by atoms with Gasteiger partial charge in [-0.1, -0.05) is 30.7 Å². The van der Waals surface area contributed by atoms with Crippen LogP contribution < -0.4 is 10.1 Å². The van der Waals surface area contributed by atoms with Gasteiger partial charge in [-0.25, -0.2) is 0 Å². The molecule has 0 atom stereocenters. The minimum absolute atomic E-state index is 0.542. The number of ether oxygens (including phenoxy) is 1. The fourth-order valence-corrected chi connectivity index (χ4v) is 3.35. The third kappa shape index (κ3) is 4.48. The fourth-order valence-electron chi connectivity index (χ4n) is 1.83. The first-order valence-electron chi connectivity index (χ1n) is 6.56. The summed E-state index contributed by atoms with van der Waals surface area (Å²) in [6.45, 7) is 4.52. The Bertz CT molecular complexity index is 559. The summed E-state index contributed by atoms with van der Waals surface area (Å²) in [6, 6.07) is 10.0. The molecule has 0 radical (unpaired) electrons. The molecule has 0 bridgehead atoms. The molecule has 0 aliphatic rings. The molecule has 0 saturated carbocycles. The summed E-state index contributed by atoms with van der Waals surface area (Å²) in [5.74, 6) is 0.903. The van der Waals surface area contributed by atoms with Crippen molar-refractivity contribution in [3.05, 3.63) is 49.6 Å². The lowest BCUT2D eigenvalue weighted by Crippen LogP contribution is -2.14. The molecule has 1 heterocycles. The zero-order valence-corrected chi connectivity index (χ0v) is 14.4. The molecule has 0 fully saturated rings. The quantitative estimate of drug-likeness (QED) is 0.669. The average molecular weight is 375 g/mol. The van der Waals surface area contributed by atoms with Crippen LogP contribution in [0.1, 0.15) is 23.8 Å². The fraction of sp³-hybridized carbons (Fsp3) is 0.333. The number of hydrogen-bond donors (Lipinski definition) is 1. The van der Waals surface area contributed by atoms with E-state index in [4.69, 9.17) is 16.3 Å². The van der Waals surface area contributed by atoms with Crippen LogP contribution in [0.4, 0.5) is 0 Å². The van der Waals surface area contributed by atoms with Crippen LogP contribution in [0.25, 0.3) is 0 Å². The molecule has 0 aliphatic carbocycles. The van der Waals surface area contributed by atoms with Crippen molar-refractivity contribution in [1.82, 2.24) is 5.32 Å². The number of thiophene rings is 1. The van der Waals surface area contributed by atoms with Crippen molar-refractivity contribution in [3.63, 3.8) is 0 Å². The lowest BCUT2D eigenvalue weighted by molar-refractivity contribution is 0.303. The first-order valence-corrected chi connectivity index (χ1v) is 8.54. The van der Waals surface area contributed by atoms with Crippen LogP contribution >= 0.6 is 38.9 Å². The summed E-state index contributed by atoms with van der Waals surface area (Å²) in [6.07, 6.45) is 1.12. The van der Waals surface area contributed by atoms with Crippen molar-refractivity contribution >= 4 is 38.9 Å². The molecule has 2 nitrogen and oxygen atoms in total. The van der Waals surface area contributed by atoms with Gasteiger partial charge in [-0.2, -0.15) is 0 Å². The molecule has 0 amide bonds. The highest BCUT2D eigenvalue weighted by atomic mass is 79.9. The second-order valence-corrected chi connectivity index (χ2v) is 7.05. The molecular formula is C15H17BrClNOS. The van der Waals surface area contributed by atoms with Crippen LogP contribution in [0.3, 0.4) is 0 Å². The van der Waals surface area contributed by atoms with E-state index in [1.807, 2.05) is 24.3 Å². The normalized spacial score (nSPS) is 10.8. The summed E-state index contributed by atoms with van der Waals surface area (Å²) in [7, 11) is 0. The zero-order chi connectivity index (χ0) is 14.4. The monoisotopic (exact) mass is 373 g/mol. The average Bonchev–Trinajstić information content (AvgIpc) is 2.84. The zero-order valence-electron chi connectivity index (χ0n) is 11.3. The van der Waals surface area contributed by atoms with Gasteiger partial charge in [0.1, 0.15) is 12.4 Å². The Hall–Kier alpha value is -0.550. The maximum atomic E-state index is 5.96. The van der Waals surface area contributed by atoms with E-state index in [0.29, 0.717) is 6.61 Å². The van der Waals surface area contributed by atoms with Crippen LogP contribution in [-0.4, -0.2) is 6.54 Å². The van der Waals surface area contributed by atoms with Crippen LogP contribution in [0.2, 0.25) is 4.34 Å². The number of rotatable bonds is 7. The topological polar surface area (TPSA) is 21.3 Å². The van der Waals surface area contributed by atoms with Gasteiger partial charge < -0.3 is 10.1 Å². The largest absolute Gasteiger partial charge is 0.487 e. The molecule has 5 heteroatoms. The minimum atomic E-state index is 0.542. The predicted molar refractivity (Wildman–Crippen MR) is 89.8 cm³/mol. The Labute approximate surface area is 137 Å². The smallest absolute Gasteiger partial charge is 0.138 e. The Kier molecular flexibility index (Phi) is 6.36. The highest BCUT2D eigenvalue weighted by molar-refractivity contribution is 9.10. The predicted octanol–water partition coefficient (Wildman–Crippen LogP) is 5.24. The number of benzene rings is 1. The molecule has 2 rings (SSSR count). The van der Waals surface area contributed by atoms with Crippen molar-refractivity contribution in [2.75, 3.05) is 6.54 Å². The second kappa shape index (κ2) is 8.03. The molecule has 108 valence electrons. The standard InChI is InChI=1S/C15H17BrClNOS/c1-2-8-18-9-11-4-3-5-13(16)15(11)19-10-12-6-7-14(17)20-12/h3-7,18H,2,8-10H2,1H3. The molecule has 2 aromatic rings. The number of hydrogen-bond acceptors (Lipinski definition) is 3. The van der Waals surface area contributed by atoms with Crippen LogP contribution in [0.15, 0.2) is 34.8 Å². The molecule has 0 unspecified atom stereocenters. The van der Waals surface area contributed by atoms with Gasteiger partial charge in [0.05, 0.1) is 8.81 Å². The third-order valence-electron chi connectivity index (χ3n) is 2.78. The van der Waals surface area contributed by atoms with E-state index in [1.54, 1.807) is 11.3 Å². The molecular weight excluding hydrogens is 358 g/mol. The Morgan fingerprint density at radius 1 is 1.30 bits per heavy atom.